The lowest BCUT2D eigenvalue weighted by molar-refractivity contribution is -0.118. The van der Waals surface area contributed by atoms with Gasteiger partial charge in [0.2, 0.25) is 0 Å². The third-order valence-corrected chi connectivity index (χ3v) is 4.50. The average molecular weight is 485 g/mol. The molecule has 0 bridgehead atoms. The van der Waals surface area contributed by atoms with Gasteiger partial charge in [-0.15, -0.1) is 0 Å². The van der Waals surface area contributed by atoms with Crippen molar-refractivity contribution in [2.45, 2.75) is 26.9 Å². The van der Waals surface area contributed by atoms with E-state index < -0.39 is 5.97 Å². The van der Waals surface area contributed by atoms with Crippen LogP contribution in [0.15, 0.2) is 45.3 Å². The van der Waals surface area contributed by atoms with Gasteiger partial charge in [-0.2, -0.15) is 0 Å². The number of amides is 1. The number of anilines is 1. The predicted molar refractivity (Wildman–Crippen MR) is 108 cm³/mol. The van der Waals surface area contributed by atoms with Crippen LogP contribution in [0.5, 0.6) is 5.75 Å². The van der Waals surface area contributed by atoms with Gasteiger partial charge in [0.05, 0.1) is 17.4 Å². The molecule has 0 aromatic heterocycles. The Labute approximate surface area is 169 Å². The van der Waals surface area contributed by atoms with Gasteiger partial charge in [-0.1, -0.05) is 0 Å². The van der Waals surface area contributed by atoms with Crippen LogP contribution in [0.3, 0.4) is 0 Å². The minimum atomic E-state index is -0.390. The Kier molecular flexibility index (Phi) is 7.23. The number of benzene rings is 2. The third kappa shape index (κ3) is 5.85. The molecule has 138 valence electrons. The number of esters is 1. The van der Waals surface area contributed by atoms with Gasteiger partial charge in [-0.05, 0) is 94.6 Å². The molecule has 5 nitrogen and oxygen atoms in total. The first-order valence-corrected chi connectivity index (χ1v) is 9.54. The molecule has 2 aromatic carbocycles. The van der Waals surface area contributed by atoms with Crippen molar-refractivity contribution >= 4 is 49.4 Å². The van der Waals surface area contributed by atoms with Crippen molar-refractivity contribution < 1.29 is 19.1 Å². The Balaban J connectivity index is 1.92. The van der Waals surface area contributed by atoms with Crippen molar-refractivity contribution in [3.05, 3.63) is 56.5 Å². The summed E-state index contributed by atoms with van der Waals surface area (Å²) in [5.74, 6) is -0.194. The molecule has 0 aliphatic carbocycles. The summed E-state index contributed by atoms with van der Waals surface area (Å²) in [6.07, 6.45) is -0.178. The first-order valence-electron chi connectivity index (χ1n) is 7.95. The second-order valence-electron chi connectivity index (χ2n) is 5.92. The number of hydrogen-bond acceptors (Lipinski definition) is 4. The van der Waals surface area contributed by atoms with E-state index in [1.54, 1.807) is 38.1 Å². The molecule has 0 saturated heterocycles. The predicted octanol–water partition coefficient (Wildman–Crippen LogP) is 5.10. The standard InChI is InChI=1S/C19H19Br2NO4/c1-11(2)26-19(24)13-4-6-14(7-5-13)25-10-17(23)22-18-15(20)8-12(3)9-16(18)21/h4-9,11H,10H2,1-3H3,(H,22,23). The molecule has 0 fully saturated rings. The van der Waals surface area contributed by atoms with Crippen LogP contribution in [-0.2, 0) is 9.53 Å². The highest BCUT2D eigenvalue weighted by Crippen LogP contribution is 2.32. The van der Waals surface area contributed by atoms with Gasteiger partial charge >= 0.3 is 5.97 Å². The first-order chi connectivity index (χ1) is 12.3. The topological polar surface area (TPSA) is 64.6 Å². The van der Waals surface area contributed by atoms with Gasteiger partial charge in [-0.25, -0.2) is 4.79 Å². The third-order valence-electron chi connectivity index (χ3n) is 3.25. The molecule has 0 aliphatic rings. The van der Waals surface area contributed by atoms with Crippen molar-refractivity contribution in [2.24, 2.45) is 0 Å². The van der Waals surface area contributed by atoms with Crippen molar-refractivity contribution in [3.63, 3.8) is 0 Å². The highest BCUT2D eigenvalue weighted by Gasteiger charge is 2.12. The number of rotatable bonds is 6. The van der Waals surface area contributed by atoms with Crippen LogP contribution >= 0.6 is 31.9 Å². The van der Waals surface area contributed by atoms with Crippen LogP contribution in [0.4, 0.5) is 5.69 Å². The second kappa shape index (κ2) is 9.19. The SMILES string of the molecule is Cc1cc(Br)c(NC(=O)COc2ccc(C(=O)OC(C)C)cc2)c(Br)c1. The van der Waals surface area contributed by atoms with Crippen LogP contribution in [0.25, 0.3) is 0 Å². The zero-order valence-corrected chi connectivity index (χ0v) is 17.8. The summed E-state index contributed by atoms with van der Waals surface area (Å²) in [6, 6.07) is 10.3. The second-order valence-corrected chi connectivity index (χ2v) is 7.63. The van der Waals surface area contributed by atoms with Gasteiger partial charge in [0.15, 0.2) is 6.61 Å². The Hall–Kier alpha value is -1.86. The Morgan fingerprint density at radius 2 is 1.65 bits per heavy atom. The average Bonchev–Trinajstić information content (AvgIpc) is 2.56. The molecule has 1 N–H and O–H groups in total. The van der Waals surface area contributed by atoms with Gasteiger partial charge in [-0.3, -0.25) is 4.79 Å². The maximum atomic E-state index is 12.1. The van der Waals surface area contributed by atoms with E-state index in [1.165, 1.54) is 0 Å². The molecule has 0 heterocycles. The molecule has 0 saturated carbocycles. The molecule has 0 spiro atoms. The molecule has 2 aromatic rings. The Bertz CT molecular complexity index is 781. The molecular formula is C19H19Br2NO4. The molecule has 1 amide bonds. The fourth-order valence-corrected chi connectivity index (χ4v) is 3.73. The van der Waals surface area contributed by atoms with Crippen LogP contribution in [0.2, 0.25) is 0 Å². The maximum Gasteiger partial charge on any atom is 0.338 e. The summed E-state index contributed by atoms with van der Waals surface area (Å²) in [7, 11) is 0. The van der Waals surface area contributed by atoms with Crippen molar-refractivity contribution in [1.82, 2.24) is 0 Å². The van der Waals surface area contributed by atoms with Gasteiger partial charge in [0.1, 0.15) is 5.75 Å². The van der Waals surface area contributed by atoms with E-state index in [4.69, 9.17) is 9.47 Å². The summed E-state index contributed by atoms with van der Waals surface area (Å²) >= 11 is 6.86. The number of aryl methyl sites for hydroxylation is 1. The Morgan fingerprint density at radius 1 is 1.08 bits per heavy atom. The fourth-order valence-electron chi connectivity index (χ4n) is 2.11. The minimum absolute atomic E-state index is 0.150. The monoisotopic (exact) mass is 483 g/mol. The van der Waals surface area contributed by atoms with Crippen molar-refractivity contribution in [2.75, 3.05) is 11.9 Å². The van der Waals surface area contributed by atoms with Crippen molar-refractivity contribution in [3.8, 4) is 5.75 Å². The van der Waals surface area contributed by atoms with Crippen LogP contribution in [-0.4, -0.2) is 24.6 Å². The van der Waals surface area contributed by atoms with E-state index in [1.807, 2.05) is 19.1 Å². The summed E-state index contributed by atoms with van der Waals surface area (Å²) in [5, 5.41) is 2.80. The van der Waals surface area contributed by atoms with Crippen LogP contribution in [0.1, 0.15) is 29.8 Å². The number of halogens is 2. The fraction of sp³-hybridized carbons (Fsp3) is 0.263. The van der Waals surface area contributed by atoms with E-state index in [2.05, 4.69) is 37.2 Å². The van der Waals surface area contributed by atoms with Crippen molar-refractivity contribution in [1.29, 1.82) is 0 Å². The summed E-state index contributed by atoms with van der Waals surface area (Å²) in [5.41, 5.74) is 2.15. The lowest BCUT2D eigenvalue weighted by Gasteiger charge is -2.12. The summed E-state index contributed by atoms with van der Waals surface area (Å²) in [4.78, 5) is 23.9. The molecule has 2 rings (SSSR count). The largest absolute Gasteiger partial charge is 0.484 e. The lowest BCUT2D eigenvalue weighted by Crippen LogP contribution is -2.20. The number of hydrogen-bond donors (Lipinski definition) is 1. The summed E-state index contributed by atoms with van der Waals surface area (Å²) < 4.78 is 12.1. The smallest absolute Gasteiger partial charge is 0.338 e. The quantitative estimate of drug-likeness (QED) is 0.579. The minimum Gasteiger partial charge on any atom is -0.484 e. The first kappa shape index (κ1) is 20.5. The molecule has 0 unspecified atom stereocenters. The van der Waals surface area contributed by atoms with E-state index in [-0.39, 0.29) is 18.6 Å². The molecule has 26 heavy (non-hydrogen) atoms. The van der Waals surface area contributed by atoms with Gasteiger partial charge < -0.3 is 14.8 Å². The number of ether oxygens (including phenoxy) is 2. The number of nitrogens with one attached hydrogen (secondary N) is 1. The molecule has 0 aliphatic heterocycles. The molecule has 7 heteroatoms. The van der Waals surface area contributed by atoms with Crippen LogP contribution in [0, 0.1) is 6.92 Å². The van der Waals surface area contributed by atoms with E-state index >= 15 is 0 Å². The maximum absolute atomic E-state index is 12.1. The highest BCUT2D eigenvalue weighted by molar-refractivity contribution is 9.11. The molecule has 0 atom stereocenters. The summed E-state index contributed by atoms with van der Waals surface area (Å²) in [6.45, 7) is 5.39. The number of carbonyl (C=O) groups excluding carboxylic acids is 2. The number of carbonyl (C=O) groups is 2. The Morgan fingerprint density at radius 3 is 2.19 bits per heavy atom. The molecule has 0 radical (unpaired) electrons. The van der Waals surface area contributed by atoms with Gasteiger partial charge in [0.25, 0.3) is 5.91 Å². The normalized spacial score (nSPS) is 10.5. The van der Waals surface area contributed by atoms with E-state index in [0.717, 1.165) is 14.5 Å². The molecular weight excluding hydrogens is 466 g/mol. The zero-order chi connectivity index (χ0) is 19.3. The highest BCUT2D eigenvalue weighted by atomic mass is 79.9. The van der Waals surface area contributed by atoms with E-state index in [0.29, 0.717) is 17.0 Å². The van der Waals surface area contributed by atoms with Crippen LogP contribution < -0.4 is 10.1 Å². The van der Waals surface area contributed by atoms with E-state index in [9.17, 15) is 9.59 Å². The lowest BCUT2D eigenvalue weighted by atomic mass is 10.2. The van der Waals surface area contributed by atoms with Gasteiger partial charge in [0, 0.05) is 8.95 Å². The zero-order valence-electron chi connectivity index (χ0n) is 14.6.